The molecule has 0 bridgehead atoms. The largest absolute Gasteiger partial charge is 0.493 e. The third kappa shape index (κ3) is 3.71. The Morgan fingerprint density at radius 2 is 2.07 bits per heavy atom. The minimum Gasteiger partial charge on any atom is -0.493 e. The molecular formula is C21H24N2O4. The Morgan fingerprint density at radius 1 is 1.22 bits per heavy atom. The lowest BCUT2D eigenvalue weighted by Crippen LogP contribution is -2.41. The summed E-state index contributed by atoms with van der Waals surface area (Å²) in [7, 11) is 1.61. The van der Waals surface area contributed by atoms with Gasteiger partial charge in [0.2, 0.25) is 11.7 Å². The summed E-state index contributed by atoms with van der Waals surface area (Å²) in [6, 6.07) is 12.0. The molecule has 1 N–H and O–H groups in total. The molecule has 2 aliphatic rings. The minimum absolute atomic E-state index is 0.0895. The molecule has 0 fully saturated rings. The highest BCUT2D eigenvalue weighted by Crippen LogP contribution is 2.40. The first-order valence-electron chi connectivity index (χ1n) is 9.32. The molecule has 0 spiro atoms. The number of rotatable bonds is 5. The van der Waals surface area contributed by atoms with Crippen molar-refractivity contribution in [2.75, 3.05) is 38.3 Å². The number of ether oxygens (including phenoxy) is 3. The zero-order valence-electron chi connectivity index (χ0n) is 15.5. The molecule has 0 unspecified atom stereocenters. The molecule has 4 rings (SSSR count). The second-order valence-corrected chi connectivity index (χ2v) is 6.70. The molecule has 6 heteroatoms. The van der Waals surface area contributed by atoms with Crippen molar-refractivity contribution in [1.29, 1.82) is 0 Å². The number of nitrogens with zero attached hydrogens (tertiary/aromatic N) is 1. The summed E-state index contributed by atoms with van der Waals surface area (Å²) in [5.74, 6) is 2.08. The molecule has 0 aliphatic carbocycles. The molecule has 2 heterocycles. The van der Waals surface area contributed by atoms with E-state index in [4.69, 9.17) is 14.2 Å². The maximum Gasteiger partial charge on any atom is 0.240 e. The third-order valence-electron chi connectivity index (χ3n) is 4.90. The summed E-state index contributed by atoms with van der Waals surface area (Å²) >= 11 is 0. The number of aryl methyl sites for hydroxylation is 1. The van der Waals surface area contributed by atoms with Gasteiger partial charge < -0.3 is 24.4 Å². The lowest BCUT2D eigenvalue weighted by molar-refractivity contribution is -0.117. The van der Waals surface area contributed by atoms with Gasteiger partial charge >= 0.3 is 0 Å². The van der Waals surface area contributed by atoms with Crippen LogP contribution in [0.15, 0.2) is 36.4 Å². The maximum atomic E-state index is 12.7. The smallest absolute Gasteiger partial charge is 0.240 e. The van der Waals surface area contributed by atoms with Gasteiger partial charge in [-0.15, -0.1) is 0 Å². The number of nitrogens with one attached hydrogen (secondary N) is 1. The number of para-hydroxylation sites is 1. The highest BCUT2D eigenvalue weighted by Gasteiger charge is 2.22. The van der Waals surface area contributed by atoms with Crippen LogP contribution in [0.25, 0.3) is 0 Å². The van der Waals surface area contributed by atoms with E-state index in [1.807, 2.05) is 35.2 Å². The molecular weight excluding hydrogens is 344 g/mol. The Bertz CT molecular complexity index is 820. The van der Waals surface area contributed by atoms with Crippen molar-refractivity contribution in [2.24, 2.45) is 0 Å². The molecule has 0 radical (unpaired) electrons. The van der Waals surface area contributed by atoms with Crippen molar-refractivity contribution >= 4 is 11.6 Å². The van der Waals surface area contributed by atoms with Gasteiger partial charge in [0.15, 0.2) is 11.5 Å². The second kappa shape index (κ2) is 7.88. The van der Waals surface area contributed by atoms with Gasteiger partial charge in [-0.25, -0.2) is 0 Å². The number of methoxy groups -OCH3 is 1. The minimum atomic E-state index is 0.0895. The fraction of sp³-hybridized carbons (Fsp3) is 0.381. The molecule has 0 saturated carbocycles. The fourth-order valence-corrected chi connectivity index (χ4v) is 3.63. The number of hydrogen-bond donors (Lipinski definition) is 1. The normalized spacial score (nSPS) is 15.2. The molecule has 0 aromatic heterocycles. The number of amides is 1. The van der Waals surface area contributed by atoms with Gasteiger partial charge in [0.25, 0.3) is 0 Å². The first-order chi connectivity index (χ1) is 13.3. The van der Waals surface area contributed by atoms with Crippen molar-refractivity contribution in [3.05, 3.63) is 47.5 Å². The monoisotopic (exact) mass is 368 g/mol. The SMILES string of the molecule is COc1cc(CNCC(=O)N2CCCc3ccccc32)cc2c1OCCO2. The molecule has 2 aromatic rings. The zero-order chi connectivity index (χ0) is 18.6. The first-order valence-corrected chi connectivity index (χ1v) is 9.32. The summed E-state index contributed by atoms with van der Waals surface area (Å²) in [5, 5.41) is 3.24. The van der Waals surface area contributed by atoms with E-state index in [2.05, 4.69) is 11.4 Å². The topological polar surface area (TPSA) is 60.0 Å². The van der Waals surface area contributed by atoms with Crippen molar-refractivity contribution in [3.63, 3.8) is 0 Å². The number of carbonyl (C=O) groups excluding carboxylic acids is 1. The molecule has 2 aromatic carbocycles. The summed E-state index contributed by atoms with van der Waals surface area (Å²) in [4.78, 5) is 14.6. The lowest BCUT2D eigenvalue weighted by Gasteiger charge is -2.29. The average molecular weight is 368 g/mol. The van der Waals surface area contributed by atoms with E-state index in [1.165, 1.54) is 5.56 Å². The van der Waals surface area contributed by atoms with Crippen LogP contribution in [0.2, 0.25) is 0 Å². The van der Waals surface area contributed by atoms with Crippen LogP contribution in [0.1, 0.15) is 17.5 Å². The maximum absolute atomic E-state index is 12.7. The van der Waals surface area contributed by atoms with Crippen LogP contribution in [-0.2, 0) is 17.8 Å². The number of hydrogen-bond acceptors (Lipinski definition) is 5. The Balaban J connectivity index is 1.40. The first kappa shape index (κ1) is 17.7. The molecule has 0 atom stereocenters. The lowest BCUT2D eigenvalue weighted by atomic mass is 10.0. The van der Waals surface area contributed by atoms with E-state index in [-0.39, 0.29) is 12.5 Å². The zero-order valence-corrected chi connectivity index (χ0v) is 15.5. The summed E-state index contributed by atoms with van der Waals surface area (Å²) in [6.45, 7) is 2.65. The quantitative estimate of drug-likeness (QED) is 0.879. The highest BCUT2D eigenvalue weighted by atomic mass is 16.6. The van der Waals surface area contributed by atoms with Crippen LogP contribution in [0.5, 0.6) is 17.2 Å². The van der Waals surface area contributed by atoms with E-state index in [0.29, 0.717) is 37.0 Å². The fourth-order valence-electron chi connectivity index (χ4n) is 3.63. The van der Waals surface area contributed by atoms with Gasteiger partial charge in [-0.1, -0.05) is 18.2 Å². The van der Waals surface area contributed by atoms with E-state index >= 15 is 0 Å². The van der Waals surface area contributed by atoms with Gasteiger partial charge in [0.05, 0.1) is 13.7 Å². The van der Waals surface area contributed by atoms with E-state index < -0.39 is 0 Å². The Kier molecular flexibility index (Phi) is 5.16. The number of anilines is 1. The standard InChI is InChI=1S/C21H24N2O4/c1-25-18-11-15(12-19-21(18)27-10-9-26-19)13-22-14-20(24)23-8-4-6-16-5-2-3-7-17(16)23/h2-3,5,7,11-12,22H,4,6,8-10,13-14H2,1H3. The predicted molar refractivity (Wildman–Crippen MR) is 103 cm³/mol. The van der Waals surface area contributed by atoms with Crippen LogP contribution in [0, 0.1) is 0 Å². The van der Waals surface area contributed by atoms with E-state index in [9.17, 15) is 4.79 Å². The summed E-state index contributed by atoms with van der Waals surface area (Å²) in [5.41, 5.74) is 3.27. The van der Waals surface area contributed by atoms with Crippen LogP contribution in [0.3, 0.4) is 0 Å². The van der Waals surface area contributed by atoms with Crippen LogP contribution < -0.4 is 24.4 Å². The highest BCUT2D eigenvalue weighted by molar-refractivity contribution is 5.95. The summed E-state index contributed by atoms with van der Waals surface area (Å²) < 4.78 is 16.7. The van der Waals surface area contributed by atoms with Crippen molar-refractivity contribution in [3.8, 4) is 17.2 Å². The van der Waals surface area contributed by atoms with Crippen molar-refractivity contribution in [1.82, 2.24) is 5.32 Å². The third-order valence-corrected chi connectivity index (χ3v) is 4.90. The van der Waals surface area contributed by atoms with Crippen LogP contribution in [-0.4, -0.2) is 39.3 Å². The Morgan fingerprint density at radius 3 is 2.96 bits per heavy atom. The van der Waals surface area contributed by atoms with E-state index in [1.54, 1.807) is 7.11 Å². The van der Waals surface area contributed by atoms with Gasteiger partial charge in [0, 0.05) is 18.8 Å². The number of benzene rings is 2. The van der Waals surface area contributed by atoms with Gasteiger partial charge in [0.1, 0.15) is 13.2 Å². The second-order valence-electron chi connectivity index (χ2n) is 6.70. The van der Waals surface area contributed by atoms with Gasteiger partial charge in [-0.2, -0.15) is 0 Å². The molecule has 6 nitrogen and oxygen atoms in total. The number of carbonyl (C=O) groups is 1. The molecule has 0 saturated heterocycles. The molecule has 1 amide bonds. The Hall–Kier alpha value is -2.73. The van der Waals surface area contributed by atoms with Gasteiger partial charge in [-0.05, 0) is 42.2 Å². The van der Waals surface area contributed by atoms with Crippen molar-refractivity contribution < 1.29 is 19.0 Å². The average Bonchev–Trinajstić information content (AvgIpc) is 2.72. The number of fused-ring (bicyclic) bond motifs is 2. The molecule has 27 heavy (non-hydrogen) atoms. The van der Waals surface area contributed by atoms with Crippen LogP contribution >= 0.6 is 0 Å². The molecule has 142 valence electrons. The molecule has 2 aliphatic heterocycles. The van der Waals surface area contributed by atoms with Crippen LogP contribution in [0.4, 0.5) is 5.69 Å². The van der Waals surface area contributed by atoms with Gasteiger partial charge in [-0.3, -0.25) is 4.79 Å². The summed E-state index contributed by atoms with van der Waals surface area (Å²) in [6.07, 6.45) is 2.03. The Labute approximate surface area is 159 Å². The van der Waals surface area contributed by atoms with E-state index in [0.717, 1.165) is 30.6 Å². The predicted octanol–water partition coefficient (Wildman–Crippen LogP) is 2.54. The van der Waals surface area contributed by atoms with Crippen molar-refractivity contribution in [2.45, 2.75) is 19.4 Å².